The molecular weight excluding hydrogens is 357 g/mol. The third kappa shape index (κ3) is 3.44. The molecule has 1 amide bonds. The molecule has 0 aliphatic rings. The average molecular weight is 369 g/mol. The lowest BCUT2D eigenvalue weighted by atomic mass is 10.1. The van der Waals surface area contributed by atoms with Crippen molar-refractivity contribution < 1.29 is 4.79 Å². The van der Waals surface area contributed by atoms with Crippen LogP contribution in [0.4, 0.5) is 5.69 Å². The van der Waals surface area contributed by atoms with Gasteiger partial charge in [0.15, 0.2) is 0 Å². The van der Waals surface area contributed by atoms with Gasteiger partial charge in [-0.2, -0.15) is 0 Å². The van der Waals surface area contributed by atoms with E-state index in [2.05, 4.69) is 15.3 Å². The summed E-state index contributed by atoms with van der Waals surface area (Å²) in [5.41, 5.74) is 4.06. The molecule has 2 N–H and O–H groups in total. The number of H-pyrrole nitrogens is 1. The number of hydrogen-bond donors (Lipinski definition) is 2. The van der Waals surface area contributed by atoms with Gasteiger partial charge in [-0.05, 0) is 30.7 Å². The third-order valence-electron chi connectivity index (χ3n) is 3.41. The largest absolute Gasteiger partial charge is 0.338 e. The summed E-state index contributed by atoms with van der Waals surface area (Å²) < 4.78 is -2.01. The fraction of sp³-hybridized carbons (Fsp3) is 0.125. The van der Waals surface area contributed by atoms with Crippen molar-refractivity contribution in [1.29, 1.82) is 0 Å². The Morgan fingerprint density at radius 2 is 1.91 bits per heavy atom. The lowest BCUT2D eigenvalue weighted by Gasteiger charge is -2.14. The first-order valence-corrected chi connectivity index (χ1v) is 7.92. The Hall–Kier alpha value is -1.75. The minimum Gasteiger partial charge on any atom is -0.338 e. The second-order valence-corrected chi connectivity index (χ2v) is 7.37. The summed E-state index contributed by atoms with van der Waals surface area (Å²) in [4.78, 5) is 19.6. The Bertz CT molecular complexity index is 851. The van der Waals surface area contributed by atoms with Gasteiger partial charge in [-0.25, -0.2) is 4.98 Å². The fourth-order valence-electron chi connectivity index (χ4n) is 2.19. The van der Waals surface area contributed by atoms with Crippen molar-refractivity contribution in [3.8, 4) is 11.4 Å². The highest BCUT2D eigenvalue weighted by Crippen LogP contribution is 2.30. The van der Waals surface area contributed by atoms with Gasteiger partial charge in [0.1, 0.15) is 5.82 Å². The van der Waals surface area contributed by atoms with E-state index >= 15 is 0 Å². The SMILES string of the molecule is Cc1ccc(-c2nc3ccccc3[nH]2)cc1NC(=O)C(Cl)(Cl)Cl. The van der Waals surface area contributed by atoms with Gasteiger partial charge in [0, 0.05) is 11.3 Å². The number of carbonyl (C=O) groups is 1. The molecule has 3 aromatic rings. The second kappa shape index (κ2) is 6.04. The van der Waals surface area contributed by atoms with Crippen molar-refractivity contribution >= 4 is 57.4 Å². The van der Waals surface area contributed by atoms with Crippen LogP contribution >= 0.6 is 34.8 Å². The van der Waals surface area contributed by atoms with Gasteiger partial charge in [0.2, 0.25) is 0 Å². The number of amides is 1. The molecule has 0 unspecified atom stereocenters. The van der Waals surface area contributed by atoms with Crippen molar-refractivity contribution in [3.63, 3.8) is 0 Å². The maximum Gasteiger partial charge on any atom is 0.276 e. The van der Waals surface area contributed by atoms with Gasteiger partial charge in [-0.15, -0.1) is 0 Å². The van der Waals surface area contributed by atoms with Crippen LogP contribution in [0.2, 0.25) is 0 Å². The number of hydrogen-bond acceptors (Lipinski definition) is 2. The quantitative estimate of drug-likeness (QED) is 0.635. The molecule has 2 aromatic carbocycles. The van der Waals surface area contributed by atoms with Crippen LogP contribution in [0.3, 0.4) is 0 Å². The predicted octanol–water partition coefficient (Wildman–Crippen LogP) is 4.85. The van der Waals surface area contributed by atoms with Gasteiger partial charge in [-0.3, -0.25) is 4.79 Å². The van der Waals surface area contributed by atoms with Crippen LogP contribution in [-0.2, 0) is 4.79 Å². The standard InChI is InChI=1S/C16H12Cl3N3O/c1-9-6-7-10(8-13(9)22-15(23)16(17,18)19)14-20-11-4-2-3-5-12(11)21-14/h2-8H,1H3,(H,20,21)(H,22,23). The molecule has 3 rings (SSSR count). The Morgan fingerprint density at radius 1 is 1.17 bits per heavy atom. The normalized spacial score (nSPS) is 11.7. The van der Waals surface area contributed by atoms with E-state index in [-0.39, 0.29) is 0 Å². The molecule has 23 heavy (non-hydrogen) atoms. The van der Waals surface area contributed by atoms with Gasteiger partial charge in [0.05, 0.1) is 11.0 Å². The Kier molecular flexibility index (Phi) is 4.23. The number of benzene rings is 2. The van der Waals surface area contributed by atoms with Crippen LogP contribution in [0, 0.1) is 6.92 Å². The van der Waals surface area contributed by atoms with Crippen LogP contribution in [0.5, 0.6) is 0 Å². The number of para-hydroxylation sites is 2. The number of nitrogens with zero attached hydrogens (tertiary/aromatic N) is 1. The summed E-state index contributed by atoms with van der Waals surface area (Å²) >= 11 is 16.8. The first-order chi connectivity index (χ1) is 10.8. The van der Waals surface area contributed by atoms with Gasteiger partial charge in [-0.1, -0.05) is 59.1 Å². The number of imidazole rings is 1. The van der Waals surface area contributed by atoms with E-state index in [1.54, 1.807) is 6.07 Å². The molecule has 4 nitrogen and oxygen atoms in total. The van der Waals surface area contributed by atoms with E-state index in [9.17, 15) is 4.79 Å². The van der Waals surface area contributed by atoms with E-state index in [0.717, 1.165) is 22.2 Å². The molecule has 0 atom stereocenters. The first kappa shape index (κ1) is 16.1. The number of aromatic nitrogens is 2. The molecule has 0 radical (unpaired) electrons. The van der Waals surface area contributed by atoms with Crippen LogP contribution in [-0.4, -0.2) is 19.7 Å². The molecule has 0 spiro atoms. The van der Waals surface area contributed by atoms with Gasteiger partial charge >= 0.3 is 0 Å². The highest BCUT2D eigenvalue weighted by atomic mass is 35.6. The maximum atomic E-state index is 11.8. The molecule has 0 fully saturated rings. The van der Waals surface area contributed by atoms with Crippen molar-refractivity contribution in [3.05, 3.63) is 48.0 Å². The number of fused-ring (bicyclic) bond motifs is 1. The van der Waals surface area contributed by atoms with E-state index in [4.69, 9.17) is 34.8 Å². The molecule has 118 valence electrons. The maximum absolute atomic E-state index is 11.8. The number of anilines is 1. The fourth-order valence-corrected chi connectivity index (χ4v) is 2.33. The number of alkyl halides is 3. The Balaban J connectivity index is 1.98. The minimum atomic E-state index is -2.01. The topological polar surface area (TPSA) is 57.8 Å². The van der Waals surface area contributed by atoms with Crippen molar-refractivity contribution in [2.24, 2.45) is 0 Å². The van der Waals surface area contributed by atoms with E-state index < -0.39 is 9.70 Å². The molecule has 0 bridgehead atoms. The van der Waals surface area contributed by atoms with Gasteiger partial charge < -0.3 is 10.3 Å². The molecule has 0 aliphatic heterocycles. The molecule has 1 heterocycles. The number of carbonyl (C=O) groups excluding carboxylic acids is 1. The zero-order valence-corrected chi connectivity index (χ0v) is 14.3. The number of aryl methyl sites for hydroxylation is 1. The van der Waals surface area contributed by atoms with E-state index in [1.807, 2.05) is 43.3 Å². The summed E-state index contributed by atoms with van der Waals surface area (Å²) in [6.45, 7) is 1.86. The summed E-state index contributed by atoms with van der Waals surface area (Å²) in [5.74, 6) is 0.00272. The Morgan fingerprint density at radius 3 is 2.61 bits per heavy atom. The molecule has 1 aromatic heterocycles. The van der Waals surface area contributed by atoms with Gasteiger partial charge in [0.25, 0.3) is 9.70 Å². The van der Waals surface area contributed by atoms with Crippen LogP contribution < -0.4 is 5.32 Å². The average Bonchev–Trinajstić information content (AvgIpc) is 2.92. The molecular formula is C16H12Cl3N3O. The summed E-state index contributed by atoms with van der Waals surface area (Å²) in [5, 5.41) is 2.62. The number of halogens is 3. The summed E-state index contributed by atoms with van der Waals surface area (Å²) in [6, 6.07) is 13.3. The first-order valence-electron chi connectivity index (χ1n) is 6.78. The molecule has 0 saturated carbocycles. The highest BCUT2D eigenvalue weighted by Gasteiger charge is 2.30. The predicted molar refractivity (Wildman–Crippen MR) is 95.2 cm³/mol. The Labute approximate surface area is 147 Å². The van der Waals surface area contributed by atoms with E-state index in [1.165, 1.54) is 0 Å². The van der Waals surface area contributed by atoms with Crippen LogP contribution in [0.15, 0.2) is 42.5 Å². The molecule has 0 aliphatic carbocycles. The smallest absolute Gasteiger partial charge is 0.276 e. The van der Waals surface area contributed by atoms with Crippen molar-refractivity contribution in [1.82, 2.24) is 9.97 Å². The number of nitrogens with one attached hydrogen (secondary N) is 2. The summed E-state index contributed by atoms with van der Waals surface area (Å²) in [7, 11) is 0. The van der Waals surface area contributed by atoms with Crippen LogP contribution in [0.1, 0.15) is 5.56 Å². The number of rotatable bonds is 2. The third-order valence-corrected chi connectivity index (χ3v) is 3.92. The molecule has 7 heteroatoms. The zero-order valence-electron chi connectivity index (χ0n) is 12.0. The summed E-state index contributed by atoms with van der Waals surface area (Å²) in [6.07, 6.45) is 0. The van der Waals surface area contributed by atoms with Crippen LogP contribution in [0.25, 0.3) is 22.4 Å². The number of aromatic amines is 1. The second-order valence-electron chi connectivity index (χ2n) is 5.08. The highest BCUT2D eigenvalue weighted by molar-refractivity contribution is 6.76. The lowest BCUT2D eigenvalue weighted by Crippen LogP contribution is -2.27. The van der Waals surface area contributed by atoms with Crippen molar-refractivity contribution in [2.45, 2.75) is 10.7 Å². The zero-order chi connectivity index (χ0) is 16.6. The lowest BCUT2D eigenvalue weighted by molar-refractivity contribution is -0.115. The molecule has 0 saturated heterocycles. The minimum absolute atomic E-state index is 0.569. The monoisotopic (exact) mass is 367 g/mol. The van der Waals surface area contributed by atoms with E-state index in [0.29, 0.717) is 11.5 Å². The van der Waals surface area contributed by atoms with Crippen molar-refractivity contribution in [2.75, 3.05) is 5.32 Å².